The average Bonchev–Trinajstić information content (AvgIpc) is 3.21. The first kappa shape index (κ1) is 25.9. The molecule has 2 aromatic heterocycles. The van der Waals surface area contributed by atoms with Crippen molar-refractivity contribution in [1.29, 1.82) is 0 Å². The van der Waals surface area contributed by atoms with Crippen molar-refractivity contribution in [2.45, 2.75) is 23.5 Å². The summed E-state index contributed by atoms with van der Waals surface area (Å²) in [5.41, 5.74) is 2.46. The number of nitrogens with zero attached hydrogens (tertiary/aromatic N) is 2. The fourth-order valence-electron chi connectivity index (χ4n) is 4.11. The molecule has 38 heavy (non-hydrogen) atoms. The number of thioether (sulfide) groups is 1. The van der Waals surface area contributed by atoms with E-state index in [0.717, 1.165) is 34.2 Å². The van der Waals surface area contributed by atoms with Crippen LogP contribution in [-0.4, -0.2) is 14.5 Å². The number of aryl methyl sites for hydroxylation is 1. The second kappa shape index (κ2) is 10.6. The normalized spacial score (nSPS) is 11.7. The van der Waals surface area contributed by atoms with Crippen molar-refractivity contribution in [3.05, 3.63) is 117 Å². The highest BCUT2D eigenvalue weighted by Crippen LogP contribution is 2.37. The summed E-state index contributed by atoms with van der Waals surface area (Å²) in [4.78, 5) is 20.0. The number of fused-ring (bicyclic) bond motifs is 1. The maximum absolute atomic E-state index is 13.1. The van der Waals surface area contributed by atoms with E-state index in [0.29, 0.717) is 28.6 Å². The first-order chi connectivity index (χ1) is 18.2. The number of ether oxygens (including phenoxy) is 1. The van der Waals surface area contributed by atoms with E-state index >= 15 is 0 Å². The smallest absolute Gasteiger partial charge is 0.417 e. The van der Waals surface area contributed by atoms with Crippen LogP contribution in [-0.2, 0) is 25.4 Å². The van der Waals surface area contributed by atoms with E-state index in [2.05, 4.69) is 9.97 Å². The van der Waals surface area contributed by atoms with E-state index in [1.54, 1.807) is 30.5 Å². The first-order valence-electron chi connectivity index (χ1n) is 11.6. The Morgan fingerprint density at radius 3 is 2.50 bits per heavy atom. The number of hydrogen-bond acceptors (Lipinski definition) is 4. The minimum absolute atomic E-state index is 0.0363. The Hall–Kier alpha value is -3.69. The number of alkyl halides is 3. The molecule has 5 nitrogen and oxygen atoms in total. The van der Waals surface area contributed by atoms with Crippen LogP contribution in [0.25, 0.3) is 10.9 Å². The SMILES string of the molecule is Cn1cc(Cc2c[nH]c(SCc3ccc(Oc4ccc(Cl)c(C(F)(F)F)c4)cc3)nc2=O)c2ccccc21. The molecule has 1 N–H and O–H groups in total. The highest BCUT2D eigenvalue weighted by Gasteiger charge is 2.33. The molecule has 0 saturated heterocycles. The number of para-hydroxylation sites is 1. The quantitative estimate of drug-likeness (QED) is 0.166. The predicted octanol–water partition coefficient (Wildman–Crippen LogP) is 7.61. The second-order valence-electron chi connectivity index (χ2n) is 8.67. The van der Waals surface area contributed by atoms with Crippen LogP contribution in [0.3, 0.4) is 0 Å². The number of nitrogens with one attached hydrogen (secondary N) is 1. The van der Waals surface area contributed by atoms with Crippen LogP contribution in [0.1, 0.15) is 22.3 Å². The molecule has 0 unspecified atom stereocenters. The molecule has 2 heterocycles. The van der Waals surface area contributed by atoms with Gasteiger partial charge in [-0.15, -0.1) is 0 Å². The van der Waals surface area contributed by atoms with E-state index in [1.807, 2.05) is 42.1 Å². The molecule has 0 saturated carbocycles. The molecular weight excluding hydrogens is 535 g/mol. The van der Waals surface area contributed by atoms with Crippen molar-refractivity contribution in [2.75, 3.05) is 0 Å². The van der Waals surface area contributed by atoms with Gasteiger partial charge < -0.3 is 14.3 Å². The summed E-state index contributed by atoms with van der Waals surface area (Å²) in [6.07, 6.45) is -0.352. The van der Waals surface area contributed by atoms with Crippen LogP contribution in [0.2, 0.25) is 5.02 Å². The number of benzene rings is 3. The summed E-state index contributed by atoms with van der Waals surface area (Å²) in [6.45, 7) is 0. The Morgan fingerprint density at radius 2 is 1.76 bits per heavy atom. The lowest BCUT2D eigenvalue weighted by molar-refractivity contribution is -0.137. The Labute approximate surface area is 225 Å². The highest BCUT2D eigenvalue weighted by atomic mass is 35.5. The molecule has 0 aliphatic heterocycles. The Balaban J connectivity index is 1.21. The maximum atomic E-state index is 13.1. The van der Waals surface area contributed by atoms with Gasteiger partial charge >= 0.3 is 6.18 Å². The number of aromatic nitrogens is 3. The van der Waals surface area contributed by atoms with Crippen molar-refractivity contribution in [3.8, 4) is 11.5 Å². The zero-order valence-electron chi connectivity index (χ0n) is 20.1. The molecule has 194 valence electrons. The van der Waals surface area contributed by atoms with Gasteiger partial charge in [-0.3, -0.25) is 4.79 Å². The third-order valence-electron chi connectivity index (χ3n) is 5.99. The van der Waals surface area contributed by atoms with Crippen molar-refractivity contribution in [1.82, 2.24) is 14.5 Å². The molecule has 0 aliphatic carbocycles. The summed E-state index contributed by atoms with van der Waals surface area (Å²) in [5, 5.41) is 1.22. The number of H-pyrrole nitrogens is 1. The van der Waals surface area contributed by atoms with Gasteiger partial charge in [0.05, 0.1) is 10.6 Å². The van der Waals surface area contributed by atoms with E-state index < -0.39 is 11.7 Å². The second-order valence-corrected chi connectivity index (χ2v) is 10.0. The van der Waals surface area contributed by atoms with Gasteiger partial charge in [-0.2, -0.15) is 18.2 Å². The van der Waals surface area contributed by atoms with Crippen molar-refractivity contribution in [3.63, 3.8) is 0 Å². The van der Waals surface area contributed by atoms with Crippen molar-refractivity contribution >= 4 is 34.3 Å². The molecule has 3 aromatic carbocycles. The van der Waals surface area contributed by atoms with Gasteiger partial charge in [0.2, 0.25) is 0 Å². The Bertz CT molecular complexity index is 1660. The average molecular weight is 556 g/mol. The van der Waals surface area contributed by atoms with E-state index in [-0.39, 0.29) is 16.3 Å². The lowest BCUT2D eigenvalue weighted by Gasteiger charge is -2.12. The molecular formula is C28H21ClF3N3O2S. The fraction of sp³-hybridized carbons (Fsp3) is 0.143. The zero-order chi connectivity index (χ0) is 26.9. The number of rotatable bonds is 7. The Morgan fingerprint density at radius 1 is 1.03 bits per heavy atom. The van der Waals surface area contributed by atoms with E-state index in [9.17, 15) is 18.0 Å². The predicted molar refractivity (Wildman–Crippen MR) is 143 cm³/mol. The number of halogens is 4. The lowest BCUT2D eigenvalue weighted by atomic mass is 10.1. The minimum atomic E-state index is -4.57. The maximum Gasteiger partial charge on any atom is 0.417 e. The van der Waals surface area contributed by atoms with Crippen LogP contribution in [0.4, 0.5) is 13.2 Å². The number of hydrogen-bond donors (Lipinski definition) is 1. The summed E-state index contributed by atoms with van der Waals surface area (Å²) in [7, 11) is 1.98. The van der Waals surface area contributed by atoms with Crippen LogP contribution in [0.5, 0.6) is 11.5 Å². The summed E-state index contributed by atoms with van der Waals surface area (Å²) in [6, 6.07) is 18.4. The molecule has 0 atom stereocenters. The molecule has 10 heteroatoms. The number of aromatic amines is 1. The molecule has 0 spiro atoms. The molecule has 0 aliphatic rings. The van der Waals surface area contributed by atoms with Crippen LogP contribution in [0, 0.1) is 0 Å². The standard InChI is InChI=1S/C28H21ClF3N3O2S/c1-35-15-19(22-4-2-3-5-25(22)35)12-18-14-33-27(34-26(18)36)38-16-17-6-8-20(9-7-17)37-21-10-11-24(29)23(13-21)28(30,31)32/h2-11,13-15H,12,16H2,1H3,(H,33,34,36). The molecule has 5 rings (SSSR count). The van der Waals surface area contributed by atoms with Gasteiger partial charge in [0, 0.05) is 48.1 Å². The van der Waals surface area contributed by atoms with Gasteiger partial charge in [-0.1, -0.05) is 53.7 Å². The van der Waals surface area contributed by atoms with Crippen LogP contribution >= 0.6 is 23.4 Å². The fourth-order valence-corrected chi connectivity index (χ4v) is 5.12. The summed E-state index contributed by atoms with van der Waals surface area (Å²) < 4.78 is 46.8. The molecule has 0 fully saturated rings. The Kier molecular flexibility index (Phi) is 7.23. The first-order valence-corrected chi connectivity index (χ1v) is 12.9. The summed E-state index contributed by atoms with van der Waals surface area (Å²) in [5.74, 6) is 0.957. The third-order valence-corrected chi connectivity index (χ3v) is 7.28. The molecule has 0 radical (unpaired) electrons. The van der Waals surface area contributed by atoms with Gasteiger partial charge in [-0.05, 0) is 47.5 Å². The van der Waals surface area contributed by atoms with Gasteiger partial charge in [-0.25, -0.2) is 0 Å². The molecule has 0 amide bonds. The summed E-state index contributed by atoms with van der Waals surface area (Å²) >= 11 is 7.03. The topological polar surface area (TPSA) is 59.9 Å². The molecule has 0 bridgehead atoms. The van der Waals surface area contributed by atoms with Gasteiger partial charge in [0.15, 0.2) is 5.16 Å². The van der Waals surface area contributed by atoms with Gasteiger partial charge in [0.1, 0.15) is 11.5 Å². The van der Waals surface area contributed by atoms with E-state index in [4.69, 9.17) is 16.3 Å². The third kappa shape index (κ3) is 5.74. The monoisotopic (exact) mass is 555 g/mol. The van der Waals surface area contributed by atoms with Crippen molar-refractivity contribution in [2.24, 2.45) is 7.05 Å². The molecule has 5 aromatic rings. The zero-order valence-corrected chi connectivity index (χ0v) is 21.6. The van der Waals surface area contributed by atoms with E-state index in [1.165, 1.54) is 17.8 Å². The largest absolute Gasteiger partial charge is 0.457 e. The lowest BCUT2D eigenvalue weighted by Crippen LogP contribution is -2.14. The van der Waals surface area contributed by atoms with Crippen molar-refractivity contribution < 1.29 is 17.9 Å². The highest BCUT2D eigenvalue weighted by molar-refractivity contribution is 7.98. The minimum Gasteiger partial charge on any atom is -0.457 e. The van der Waals surface area contributed by atoms with Crippen LogP contribution in [0.15, 0.2) is 89.1 Å². The van der Waals surface area contributed by atoms with Gasteiger partial charge in [0.25, 0.3) is 5.56 Å². The van der Waals surface area contributed by atoms with Crippen LogP contribution < -0.4 is 10.3 Å².